The molecule has 2 aliphatic heterocycles. The molecular weight excluding hydrogens is 662 g/mol. The van der Waals surface area contributed by atoms with Gasteiger partial charge in [0.2, 0.25) is 11.8 Å². The summed E-state index contributed by atoms with van der Waals surface area (Å²) in [5.41, 5.74) is 0. The maximum atomic E-state index is 12.6. The van der Waals surface area contributed by atoms with Crippen LogP contribution in [0, 0.1) is 0 Å². The first-order valence-electron chi connectivity index (χ1n) is 15.1. The van der Waals surface area contributed by atoms with Crippen LogP contribution < -0.4 is 48.0 Å². The van der Waals surface area contributed by atoms with E-state index >= 15 is 0 Å². The summed E-state index contributed by atoms with van der Waals surface area (Å²) in [6.45, 7) is 0.731. The molecular formula is C24H48I2N4O4. The number of nitrogens with zero attached hydrogens (tertiary/aromatic N) is 4. The molecule has 0 spiro atoms. The Hall–Kier alpha value is 0.240. The average Bonchev–Trinajstić information content (AvgIpc) is 2.87. The first-order valence-corrected chi connectivity index (χ1v) is 12.1. The Morgan fingerprint density at radius 2 is 1.06 bits per heavy atom. The highest BCUT2D eigenvalue weighted by molar-refractivity contribution is 5.76. The minimum atomic E-state index is -2.15. The second kappa shape index (κ2) is 17.7. The molecule has 2 saturated heterocycles. The van der Waals surface area contributed by atoms with E-state index in [1.54, 1.807) is 23.9 Å². The van der Waals surface area contributed by atoms with E-state index in [0.717, 1.165) is 25.7 Å². The molecule has 0 saturated carbocycles. The fraction of sp³-hybridized carbons (Fsp3) is 0.917. The maximum absolute atomic E-state index is 12.6. The molecule has 0 unspecified atom stereocenters. The van der Waals surface area contributed by atoms with Crippen LogP contribution in [0.2, 0.25) is 0 Å². The van der Waals surface area contributed by atoms with E-state index in [-0.39, 0.29) is 81.6 Å². The van der Waals surface area contributed by atoms with Crippen LogP contribution in [-0.4, -0.2) is 137 Å². The number of likely N-dealkylation sites (N-methyl/N-ethyl adjacent to an activating group) is 2. The van der Waals surface area contributed by atoms with E-state index in [0.29, 0.717) is 78.8 Å². The van der Waals surface area contributed by atoms with Crippen molar-refractivity contribution >= 4 is 11.8 Å². The number of hydrogen-bond acceptors (Lipinski definition) is 4. The summed E-state index contributed by atoms with van der Waals surface area (Å²) in [4.78, 5) is 28.6. The van der Waals surface area contributed by atoms with Crippen molar-refractivity contribution in [3.05, 3.63) is 0 Å². The second-order valence-corrected chi connectivity index (χ2v) is 9.40. The Morgan fingerprint density at radius 3 is 1.38 bits per heavy atom. The third-order valence-corrected chi connectivity index (χ3v) is 6.75. The summed E-state index contributed by atoms with van der Waals surface area (Å²) in [5.74, 6) is -0.0809. The number of quaternary nitrogens is 2. The van der Waals surface area contributed by atoms with E-state index in [9.17, 15) is 9.59 Å². The number of ether oxygens (including phenoxy) is 2. The van der Waals surface area contributed by atoms with Crippen molar-refractivity contribution in [3.8, 4) is 0 Å². The van der Waals surface area contributed by atoms with Crippen LogP contribution >= 0.6 is 0 Å². The molecule has 2 amide bonds. The SMILES string of the molecule is [2H]C([2H])([2H])[N+]1(CCC(=O)N(C)CCCCCCN(C)C(=O)CC[N+]2(C([2H])([2H])[2H])CCOCC2)CCOCC1.[I-].[I-]. The third kappa shape index (κ3) is 13.0. The smallest absolute Gasteiger partial charge is 0.227 e. The second-order valence-electron chi connectivity index (χ2n) is 9.40. The average molecular weight is 717 g/mol. The van der Waals surface area contributed by atoms with Gasteiger partial charge in [-0.3, -0.25) is 9.59 Å². The Labute approximate surface area is 250 Å². The van der Waals surface area contributed by atoms with E-state index < -0.39 is 14.0 Å². The Kier molecular flexibility index (Phi) is 12.8. The van der Waals surface area contributed by atoms with Crippen molar-refractivity contribution in [1.82, 2.24) is 9.80 Å². The van der Waals surface area contributed by atoms with Crippen LogP contribution in [-0.2, 0) is 19.1 Å². The van der Waals surface area contributed by atoms with Gasteiger partial charge >= 0.3 is 0 Å². The van der Waals surface area contributed by atoms with Gasteiger partial charge in [-0.25, -0.2) is 0 Å². The predicted molar refractivity (Wildman–Crippen MR) is 126 cm³/mol. The first kappa shape index (κ1) is 24.6. The van der Waals surface area contributed by atoms with Crippen LogP contribution in [0.4, 0.5) is 0 Å². The van der Waals surface area contributed by atoms with Gasteiger partial charge < -0.3 is 76.2 Å². The van der Waals surface area contributed by atoms with Gasteiger partial charge in [0, 0.05) is 27.2 Å². The van der Waals surface area contributed by atoms with Crippen LogP contribution in [0.15, 0.2) is 0 Å². The normalized spacial score (nSPS) is 22.2. The van der Waals surface area contributed by atoms with E-state index in [2.05, 4.69) is 0 Å². The molecule has 10 heteroatoms. The van der Waals surface area contributed by atoms with Crippen LogP contribution in [0.1, 0.15) is 46.7 Å². The maximum Gasteiger partial charge on any atom is 0.227 e. The molecule has 0 aliphatic carbocycles. The molecule has 0 aromatic rings. The lowest BCUT2D eigenvalue weighted by molar-refractivity contribution is -0.916. The minimum Gasteiger partial charge on any atom is -1.00 e. The van der Waals surface area contributed by atoms with Gasteiger partial charge in [-0.2, -0.15) is 0 Å². The van der Waals surface area contributed by atoms with Gasteiger partial charge in [-0.1, -0.05) is 12.8 Å². The number of amides is 2. The molecule has 8 nitrogen and oxygen atoms in total. The number of halogens is 2. The summed E-state index contributed by atoms with van der Waals surface area (Å²) in [6, 6.07) is 0. The number of carbonyl (C=O) groups excluding carboxylic acids is 2. The molecule has 0 aromatic heterocycles. The van der Waals surface area contributed by atoms with Gasteiger partial charge in [-0.15, -0.1) is 0 Å². The minimum absolute atomic E-state index is 0. The molecule has 2 aliphatic rings. The molecule has 0 radical (unpaired) electrons. The van der Waals surface area contributed by atoms with Gasteiger partial charge in [0.25, 0.3) is 0 Å². The van der Waals surface area contributed by atoms with Crippen molar-refractivity contribution in [2.24, 2.45) is 0 Å². The zero-order chi connectivity index (χ0) is 28.5. The van der Waals surface area contributed by atoms with Gasteiger partial charge in [0.1, 0.15) is 26.2 Å². The quantitative estimate of drug-likeness (QED) is 0.109. The zero-order valence-corrected chi connectivity index (χ0v) is 25.2. The van der Waals surface area contributed by atoms with Crippen molar-refractivity contribution in [2.75, 3.05) is 107 Å². The third-order valence-electron chi connectivity index (χ3n) is 6.75. The number of hydrogen-bond donors (Lipinski definition) is 0. The largest absolute Gasteiger partial charge is 1.00 e. The summed E-state index contributed by atoms with van der Waals surface area (Å²) in [5, 5.41) is 0. The molecule has 0 atom stereocenters. The fourth-order valence-corrected chi connectivity index (χ4v) is 4.13. The standard InChI is InChI=1S/C24H48N4O4.2HI/c1-25(23(29)9-13-27(3)15-19-31-20-16-27)11-7-5-6-8-12-26(2)24(30)10-14-28(4)17-21-32-22-18-28;;/h5-22H2,1-4H3;2*1H/q+2;;/p-2/i3D3,4D3;;. The highest BCUT2D eigenvalue weighted by Gasteiger charge is 2.27. The number of carbonyl (C=O) groups is 2. The van der Waals surface area contributed by atoms with Gasteiger partial charge in [0.05, 0.1) is 74.5 Å². The van der Waals surface area contributed by atoms with Crippen molar-refractivity contribution in [3.63, 3.8) is 0 Å². The number of rotatable bonds is 13. The lowest BCUT2D eigenvalue weighted by Crippen LogP contribution is -3.00. The lowest BCUT2D eigenvalue weighted by Gasteiger charge is -2.37. The van der Waals surface area contributed by atoms with Crippen molar-refractivity contribution in [1.29, 1.82) is 0 Å². The van der Waals surface area contributed by atoms with E-state index in [1.165, 1.54) is 0 Å². The van der Waals surface area contributed by atoms with Crippen LogP contribution in [0.5, 0.6) is 0 Å². The fourth-order valence-electron chi connectivity index (χ4n) is 4.13. The summed E-state index contributed by atoms with van der Waals surface area (Å²) in [6.07, 6.45) is 3.94. The molecule has 34 heavy (non-hydrogen) atoms. The molecule has 0 N–H and O–H groups in total. The Bertz CT molecular complexity index is 703. The Balaban J connectivity index is 0.00000760. The van der Waals surface area contributed by atoms with Gasteiger partial charge in [0.15, 0.2) is 0 Å². The molecule has 2 fully saturated rings. The molecule has 2 heterocycles. The lowest BCUT2D eigenvalue weighted by atomic mass is 10.1. The van der Waals surface area contributed by atoms with E-state index in [4.69, 9.17) is 17.7 Å². The van der Waals surface area contributed by atoms with Crippen molar-refractivity contribution < 1.29 is 84.2 Å². The monoisotopic (exact) mass is 716 g/mol. The summed E-state index contributed by atoms with van der Waals surface area (Å²) < 4.78 is 58.1. The van der Waals surface area contributed by atoms with Crippen molar-refractivity contribution in [2.45, 2.75) is 38.5 Å². The predicted octanol–water partition coefficient (Wildman–Crippen LogP) is -4.79. The van der Waals surface area contributed by atoms with E-state index in [1.807, 2.05) is 0 Å². The first-order chi connectivity index (χ1) is 17.7. The molecule has 0 aromatic carbocycles. The number of morpholine rings is 2. The molecule has 202 valence electrons. The van der Waals surface area contributed by atoms with Gasteiger partial charge in [-0.05, 0) is 12.8 Å². The highest BCUT2D eigenvalue weighted by Crippen LogP contribution is 2.11. The van der Waals surface area contributed by atoms with Crippen LogP contribution in [0.25, 0.3) is 0 Å². The number of unbranched alkanes of at least 4 members (excludes halogenated alkanes) is 3. The Morgan fingerprint density at radius 1 is 0.706 bits per heavy atom. The molecule has 2 rings (SSSR count). The topological polar surface area (TPSA) is 59.1 Å². The zero-order valence-electron chi connectivity index (χ0n) is 26.9. The summed E-state index contributed by atoms with van der Waals surface area (Å²) in [7, 11) is 3.52. The van der Waals surface area contributed by atoms with Crippen LogP contribution in [0.3, 0.4) is 0 Å². The highest BCUT2D eigenvalue weighted by atomic mass is 127. The molecule has 0 bridgehead atoms. The summed E-state index contributed by atoms with van der Waals surface area (Å²) >= 11 is 0.